The maximum Gasteiger partial charge on any atom is 0.249 e. The third kappa shape index (κ3) is 3.30. The molecule has 0 spiro atoms. The highest BCUT2D eigenvalue weighted by atomic mass is 35.5. The van der Waals surface area contributed by atoms with Crippen LogP contribution in [0.4, 0.5) is 17.3 Å². The fraction of sp³-hybridized carbons (Fsp3) is 0.278. The standard InChI is InChI=1S/C18H19ClN6O/c1-13(26)20-18-21-17-16(6-3-7-25(17)22-18)24-10-8-23(9-11-24)15-5-2-4-14(19)12-15/h2-7,12H,8-11H2,1H3,(H,20,22,26). The van der Waals surface area contributed by atoms with Crippen molar-refractivity contribution in [2.24, 2.45) is 0 Å². The average Bonchev–Trinajstić information content (AvgIpc) is 3.03. The molecule has 26 heavy (non-hydrogen) atoms. The van der Waals surface area contributed by atoms with E-state index in [9.17, 15) is 4.79 Å². The highest BCUT2D eigenvalue weighted by Gasteiger charge is 2.20. The number of piperazine rings is 1. The quantitative estimate of drug-likeness (QED) is 0.767. The number of nitrogens with zero attached hydrogens (tertiary/aromatic N) is 5. The molecule has 4 rings (SSSR count). The molecular formula is C18H19ClN6O. The first-order chi connectivity index (χ1) is 12.6. The molecule has 1 N–H and O–H groups in total. The van der Waals surface area contributed by atoms with E-state index in [1.807, 2.05) is 36.5 Å². The highest BCUT2D eigenvalue weighted by Crippen LogP contribution is 2.25. The summed E-state index contributed by atoms with van der Waals surface area (Å²) in [5, 5.41) is 7.69. The lowest BCUT2D eigenvalue weighted by Gasteiger charge is -2.37. The Morgan fingerprint density at radius 2 is 1.88 bits per heavy atom. The number of aromatic nitrogens is 3. The Balaban J connectivity index is 1.54. The van der Waals surface area contributed by atoms with Gasteiger partial charge >= 0.3 is 0 Å². The Labute approximate surface area is 156 Å². The molecule has 1 fully saturated rings. The van der Waals surface area contributed by atoms with Crippen molar-refractivity contribution in [2.45, 2.75) is 6.92 Å². The second-order valence-electron chi connectivity index (χ2n) is 6.23. The summed E-state index contributed by atoms with van der Waals surface area (Å²) in [7, 11) is 0. The molecule has 3 aromatic rings. The van der Waals surface area contributed by atoms with E-state index < -0.39 is 0 Å². The minimum Gasteiger partial charge on any atom is -0.368 e. The molecule has 1 amide bonds. The number of rotatable bonds is 3. The van der Waals surface area contributed by atoms with E-state index in [4.69, 9.17) is 11.6 Å². The number of pyridine rings is 1. The molecule has 1 aromatic carbocycles. The summed E-state index contributed by atoms with van der Waals surface area (Å²) >= 11 is 6.11. The Bertz CT molecular complexity index is 948. The molecule has 1 aliphatic rings. The minimum atomic E-state index is -0.183. The normalized spacial score (nSPS) is 14.7. The van der Waals surface area contributed by atoms with Gasteiger partial charge in [-0.2, -0.15) is 4.98 Å². The maximum absolute atomic E-state index is 11.2. The van der Waals surface area contributed by atoms with Gasteiger partial charge in [0.05, 0.1) is 5.69 Å². The molecule has 0 atom stereocenters. The molecule has 3 heterocycles. The van der Waals surface area contributed by atoms with E-state index in [2.05, 4.69) is 31.3 Å². The van der Waals surface area contributed by atoms with E-state index in [0.717, 1.165) is 48.2 Å². The van der Waals surface area contributed by atoms with Crippen LogP contribution in [0.3, 0.4) is 0 Å². The first kappa shape index (κ1) is 16.7. The van der Waals surface area contributed by atoms with Crippen LogP contribution in [-0.2, 0) is 4.79 Å². The van der Waals surface area contributed by atoms with E-state index in [1.165, 1.54) is 6.92 Å². The Morgan fingerprint density at radius 3 is 2.62 bits per heavy atom. The molecular weight excluding hydrogens is 352 g/mol. The smallest absolute Gasteiger partial charge is 0.249 e. The van der Waals surface area contributed by atoms with Gasteiger partial charge in [-0.15, -0.1) is 5.10 Å². The zero-order valence-electron chi connectivity index (χ0n) is 14.4. The first-order valence-electron chi connectivity index (χ1n) is 8.48. The van der Waals surface area contributed by atoms with Gasteiger partial charge in [0.2, 0.25) is 11.9 Å². The van der Waals surface area contributed by atoms with Crippen LogP contribution in [-0.4, -0.2) is 46.7 Å². The second-order valence-corrected chi connectivity index (χ2v) is 6.67. The van der Waals surface area contributed by atoms with Crippen LogP contribution >= 0.6 is 11.6 Å². The molecule has 0 bridgehead atoms. The van der Waals surface area contributed by atoms with Gasteiger partial charge in [-0.3, -0.25) is 10.1 Å². The molecule has 0 unspecified atom stereocenters. The van der Waals surface area contributed by atoms with Gasteiger partial charge in [-0.1, -0.05) is 17.7 Å². The SMILES string of the molecule is CC(=O)Nc1nc2c(N3CCN(c4cccc(Cl)c4)CC3)cccn2n1. The Kier molecular flexibility index (Phi) is 4.38. The number of carbonyl (C=O) groups excluding carboxylic acids is 1. The number of amides is 1. The number of carbonyl (C=O) groups is 1. The van der Waals surface area contributed by atoms with Crippen molar-refractivity contribution in [3.05, 3.63) is 47.6 Å². The molecule has 2 aromatic heterocycles. The lowest BCUT2D eigenvalue weighted by molar-refractivity contribution is -0.114. The largest absolute Gasteiger partial charge is 0.368 e. The lowest BCUT2D eigenvalue weighted by atomic mass is 10.2. The van der Waals surface area contributed by atoms with Crippen LogP contribution in [0.25, 0.3) is 5.65 Å². The molecule has 0 aliphatic carbocycles. The average molecular weight is 371 g/mol. The van der Waals surface area contributed by atoms with Crippen molar-refractivity contribution in [3.8, 4) is 0 Å². The molecule has 0 saturated carbocycles. The van der Waals surface area contributed by atoms with Crippen LogP contribution in [0.1, 0.15) is 6.92 Å². The van der Waals surface area contributed by atoms with Crippen molar-refractivity contribution in [1.29, 1.82) is 0 Å². The zero-order valence-corrected chi connectivity index (χ0v) is 15.1. The van der Waals surface area contributed by atoms with Crippen LogP contribution in [0.2, 0.25) is 5.02 Å². The van der Waals surface area contributed by atoms with Gasteiger partial charge in [-0.05, 0) is 30.3 Å². The van der Waals surface area contributed by atoms with Gasteiger partial charge in [-0.25, -0.2) is 4.52 Å². The number of nitrogens with one attached hydrogen (secondary N) is 1. The van der Waals surface area contributed by atoms with Gasteiger partial charge in [0.15, 0.2) is 5.65 Å². The summed E-state index contributed by atoms with van der Waals surface area (Å²) in [6.45, 7) is 4.98. The lowest BCUT2D eigenvalue weighted by Crippen LogP contribution is -2.46. The zero-order chi connectivity index (χ0) is 18.1. The third-order valence-electron chi connectivity index (χ3n) is 4.42. The van der Waals surface area contributed by atoms with E-state index in [1.54, 1.807) is 4.52 Å². The number of anilines is 3. The van der Waals surface area contributed by atoms with Gasteiger partial charge in [0.1, 0.15) is 0 Å². The number of hydrogen-bond donors (Lipinski definition) is 1. The van der Waals surface area contributed by atoms with Crippen molar-refractivity contribution in [1.82, 2.24) is 14.6 Å². The van der Waals surface area contributed by atoms with E-state index in [-0.39, 0.29) is 5.91 Å². The van der Waals surface area contributed by atoms with Crippen LogP contribution < -0.4 is 15.1 Å². The fourth-order valence-electron chi connectivity index (χ4n) is 3.23. The fourth-order valence-corrected chi connectivity index (χ4v) is 3.41. The van der Waals surface area contributed by atoms with Gasteiger partial charge in [0.25, 0.3) is 0 Å². The molecule has 1 saturated heterocycles. The summed E-state index contributed by atoms with van der Waals surface area (Å²) < 4.78 is 1.70. The molecule has 134 valence electrons. The topological polar surface area (TPSA) is 65.8 Å². The van der Waals surface area contributed by atoms with Crippen molar-refractivity contribution >= 4 is 40.5 Å². The third-order valence-corrected chi connectivity index (χ3v) is 4.66. The Hall–Kier alpha value is -2.80. The number of halogens is 1. The molecule has 1 aliphatic heterocycles. The Morgan fingerprint density at radius 1 is 1.12 bits per heavy atom. The summed E-state index contributed by atoms with van der Waals surface area (Å²) in [6, 6.07) is 11.9. The number of benzene rings is 1. The summed E-state index contributed by atoms with van der Waals surface area (Å²) in [5.41, 5.74) is 2.90. The van der Waals surface area contributed by atoms with Crippen molar-refractivity contribution < 1.29 is 4.79 Å². The van der Waals surface area contributed by atoms with Crippen molar-refractivity contribution in [3.63, 3.8) is 0 Å². The number of fused-ring (bicyclic) bond motifs is 1. The predicted molar refractivity (Wildman–Crippen MR) is 103 cm³/mol. The first-order valence-corrected chi connectivity index (χ1v) is 8.86. The second kappa shape index (κ2) is 6.84. The van der Waals surface area contributed by atoms with Gasteiger partial charge in [0, 0.05) is 50.0 Å². The van der Waals surface area contributed by atoms with Crippen LogP contribution in [0, 0.1) is 0 Å². The summed E-state index contributed by atoms with van der Waals surface area (Å²) in [6.07, 6.45) is 1.83. The van der Waals surface area contributed by atoms with E-state index in [0.29, 0.717) is 5.95 Å². The molecule has 0 radical (unpaired) electrons. The van der Waals surface area contributed by atoms with Crippen LogP contribution in [0.5, 0.6) is 0 Å². The van der Waals surface area contributed by atoms with Gasteiger partial charge < -0.3 is 9.80 Å². The van der Waals surface area contributed by atoms with Crippen molar-refractivity contribution in [2.75, 3.05) is 41.3 Å². The van der Waals surface area contributed by atoms with Crippen LogP contribution in [0.15, 0.2) is 42.6 Å². The molecule has 8 heteroatoms. The predicted octanol–water partition coefficient (Wildman–Crippen LogP) is 2.67. The monoisotopic (exact) mass is 370 g/mol. The molecule has 7 nitrogen and oxygen atoms in total. The summed E-state index contributed by atoms with van der Waals surface area (Å²) in [5.74, 6) is 0.139. The maximum atomic E-state index is 11.2. The minimum absolute atomic E-state index is 0.183. The van der Waals surface area contributed by atoms with E-state index >= 15 is 0 Å². The number of hydrogen-bond acceptors (Lipinski definition) is 5. The highest BCUT2D eigenvalue weighted by molar-refractivity contribution is 6.30. The summed E-state index contributed by atoms with van der Waals surface area (Å²) in [4.78, 5) is 20.3.